The molecule has 0 saturated heterocycles. The van der Waals surface area contributed by atoms with Crippen LogP contribution in [0, 0.1) is 6.92 Å². The Morgan fingerprint density at radius 1 is 1.10 bits per heavy atom. The molecule has 1 aromatic carbocycles. The van der Waals surface area contributed by atoms with Crippen LogP contribution in [0.3, 0.4) is 0 Å². The number of aryl methyl sites for hydroxylation is 1. The summed E-state index contributed by atoms with van der Waals surface area (Å²) in [5.74, 6) is 0.345. The summed E-state index contributed by atoms with van der Waals surface area (Å²) in [6.07, 6.45) is 1.53. The minimum Gasteiger partial charge on any atom is -0.265 e. The fourth-order valence-corrected chi connectivity index (χ4v) is 2.23. The molecule has 0 bridgehead atoms. The number of hydrogen-bond donors (Lipinski definition) is 0. The molecule has 3 aromatic heterocycles. The summed E-state index contributed by atoms with van der Waals surface area (Å²) in [5, 5.41) is 8.60. The average Bonchev–Trinajstić information content (AvgIpc) is 2.88. The van der Waals surface area contributed by atoms with Gasteiger partial charge < -0.3 is 0 Å². The highest BCUT2D eigenvalue weighted by Crippen LogP contribution is 2.12. The zero-order chi connectivity index (χ0) is 14.4. The lowest BCUT2D eigenvalue weighted by molar-refractivity contribution is 0.785. The summed E-state index contributed by atoms with van der Waals surface area (Å²) in [7, 11) is 0. The number of hydrogen-bond acceptors (Lipinski definition) is 5. The molecule has 0 amide bonds. The SMILES string of the molecule is Cc1cc2ncn3nc(-c4ccccc4)c(=O)nc3n2n1. The van der Waals surface area contributed by atoms with Gasteiger partial charge in [0.15, 0.2) is 11.3 Å². The highest BCUT2D eigenvalue weighted by molar-refractivity contribution is 5.58. The van der Waals surface area contributed by atoms with Crippen molar-refractivity contribution in [3.05, 3.63) is 58.8 Å². The van der Waals surface area contributed by atoms with Crippen LogP contribution in [0.4, 0.5) is 0 Å². The first-order valence-electron chi connectivity index (χ1n) is 6.40. The molecule has 7 heteroatoms. The molecule has 0 atom stereocenters. The van der Waals surface area contributed by atoms with Gasteiger partial charge in [-0.3, -0.25) is 4.79 Å². The van der Waals surface area contributed by atoms with Gasteiger partial charge in [0.05, 0.1) is 5.69 Å². The van der Waals surface area contributed by atoms with E-state index in [0.29, 0.717) is 11.4 Å². The summed E-state index contributed by atoms with van der Waals surface area (Å²) < 4.78 is 2.97. The molecule has 21 heavy (non-hydrogen) atoms. The van der Waals surface area contributed by atoms with Crippen molar-refractivity contribution in [3.63, 3.8) is 0 Å². The van der Waals surface area contributed by atoms with Crippen molar-refractivity contribution >= 4 is 11.4 Å². The van der Waals surface area contributed by atoms with Gasteiger partial charge in [0.1, 0.15) is 6.33 Å². The maximum atomic E-state index is 12.2. The van der Waals surface area contributed by atoms with Gasteiger partial charge in [0.2, 0.25) is 0 Å². The van der Waals surface area contributed by atoms with E-state index in [-0.39, 0.29) is 11.3 Å². The second-order valence-corrected chi connectivity index (χ2v) is 4.68. The van der Waals surface area contributed by atoms with Crippen LogP contribution in [0.5, 0.6) is 0 Å². The monoisotopic (exact) mass is 278 g/mol. The smallest absolute Gasteiger partial charge is 0.265 e. The third-order valence-corrected chi connectivity index (χ3v) is 3.17. The molecule has 0 N–H and O–H groups in total. The summed E-state index contributed by atoms with van der Waals surface area (Å²) in [4.78, 5) is 20.6. The second-order valence-electron chi connectivity index (χ2n) is 4.68. The number of benzene rings is 1. The van der Waals surface area contributed by atoms with Crippen LogP contribution >= 0.6 is 0 Å². The third kappa shape index (κ3) is 1.78. The molecular weight excluding hydrogens is 268 g/mol. The van der Waals surface area contributed by atoms with Crippen molar-refractivity contribution in [2.75, 3.05) is 0 Å². The van der Waals surface area contributed by atoms with Crippen molar-refractivity contribution in [2.45, 2.75) is 6.92 Å². The Bertz CT molecular complexity index is 1020. The summed E-state index contributed by atoms with van der Waals surface area (Å²) >= 11 is 0. The van der Waals surface area contributed by atoms with Gasteiger partial charge in [-0.2, -0.15) is 24.2 Å². The summed E-state index contributed by atoms with van der Waals surface area (Å²) in [5.41, 5.74) is 2.06. The summed E-state index contributed by atoms with van der Waals surface area (Å²) in [6, 6.07) is 11.0. The highest BCUT2D eigenvalue weighted by atomic mass is 16.1. The van der Waals surface area contributed by atoms with Crippen molar-refractivity contribution in [2.24, 2.45) is 0 Å². The molecule has 7 nitrogen and oxygen atoms in total. The minimum absolute atomic E-state index is 0.290. The molecule has 0 saturated carbocycles. The molecule has 0 aliphatic rings. The zero-order valence-electron chi connectivity index (χ0n) is 11.1. The Morgan fingerprint density at radius 2 is 1.90 bits per heavy atom. The van der Waals surface area contributed by atoms with Gasteiger partial charge in [-0.15, -0.1) is 0 Å². The van der Waals surface area contributed by atoms with Gasteiger partial charge in [0.25, 0.3) is 5.78 Å². The second kappa shape index (κ2) is 4.20. The fraction of sp³-hybridized carbons (Fsp3) is 0.0714. The van der Waals surface area contributed by atoms with E-state index in [9.17, 15) is 4.79 Å². The van der Waals surface area contributed by atoms with Crippen LogP contribution in [-0.4, -0.2) is 29.2 Å². The van der Waals surface area contributed by atoms with E-state index in [1.54, 1.807) is 0 Å². The van der Waals surface area contributed by atoms with E-state index >= 15 is 0 Å². The lowest BCUT2D eigenvalue weighted by Gasteiger charge is -2.03. The van der Waals surface area contributed by atoms with Crippen LogP contribution in [-0.2, 0) is 0 Å². The number of nitrogens with zero attached hydrogens (tertiary/aromatic N) is 6. The van der Waals surface area contributed by atoms with E-state index in [0.717, 1.165) is 11.3 Å². The molecule has 3 heterocycles. The first-order chi connectivity index (χ1) is 10.2. The lowest BCUT2D eigenvalue weighted by atomic mass is 10.2. The Labute approximate surface area is 118 Å². The fourth-order valence-electron chi connectivity index (χ4n) is 2.23. The Morgan fingerprint density at radius 3 is 2.71 bits per heavy atom. The van der Waals surface area contributed by atoms with Crippen molar-refractivity contribution < 1.29 is 0 Å². The van der Waals surface area contributed by atoms with E-state index in [1.165, 1.54) is 15.4 Å². The summed E-state index contributed by atoms with van der Waals surface area (Å²) in [6.45, 7) is 1.86. The van der Waals surface area contributed by atoms with Gasteiger partial charge >= 0.3 is 5.56 Å². The molecule has 0 spiro atoms. The van der Waals surface area contributed by atoms with Crippen LogP contribution in [0.2, 0.25) is 0 Å². The molecule has 0 radical (unpaired) electrons. The standard InChI is InChI=1S/C14H10N6O/c1-9-7-11-15-8-19-14(20(11)17-9)16-13(21)12(18-19)10-5-3-2-4-6-10/h2-8H,1H3. The molecule has 0 aliphatic carbocycles. The average molecular weight is 278 g/mol. The highest BCUT2D eigenvalue weighted by Gasteiger charge is 2.11. The topological polar surface area (TPSA) is 77.5 Å². The molecule has 102 valence electrons. The first kappa shape index (κ1) is 11.7. The molecule has 0 aliphatic heterocycles. The van der Waals surface area contributed by atoms with Crippen molar-refractivity contribution in [1.29, 1.82) is 0 Å². The molecule has 0 unspecified atom stereocenters. The van der Waals surface area contributed by atoms with Gasteiger partial charge in [0, 0.05) is 11.6 Å². The van der Waals surface area contributed by atoms with Crippen molar-refractivity contribution in [1.82, 2.24) is 29.2 Å². The quantitative estimate of drug-likeness (QED) is 0.521. The first-order valence-corrected chi connectivity index (χ1v) is 6.40. The zero-order valence-corrected chi connectivity index (χ0v) is 11.1. The number of rotatable bonds is 1. The van der Waals surface area contributed by atoms with Gasteiger partial charge in [-0.05, 0) is 6.92 Å². The van der Waals surface area contributed by atoms with E-state index < -0.39 is 0 Å². The van der Waals surface area contributed by atoms with E-state index in [2.05, 4.69) is 20.2 Å². The van der Waals surface area contributed by atoms with E-state index in [4.69, 9.17) is 0 Å². The predicted octanol–water partition coefficient (Wildman–Crippen LogP) is 1.11. The molecule has 0 fully saturated rings. The molecular formula is C14H10N6O. The largest absolute Gasteiger partial charge is 0.301 e. The number of fused-ring (bicyclic) bond motifs is 3. The Balaban J connectivity index is 2.07. The lowest BCUT2D eigenvalue weighted by Crippen LogP contribution is -2.18. The maximum Gasteiger partial charge on any atom is 0.301 e. The van der Waals surface area contributed by atoms with Crippen molar-refractivity contribution in [3.8, 4) is 11.3 Å². The van der Waals surface area contributed by atoms with Crippen LogP contribution in [0.15, 0.2) is 47.5 Å². The normalized spacial score (nSPS) is 11.3. The predicted molar refractivity (Wildman–Crippen MR) is 76.0 cm³/mol. The van der Waals surface area contributed by atoms with Crippen LogP contribution in [0.25, 0.3) is 22.7 Å². The van der Waals surface area contributed by atoms with Gasteiger partial charge in [-0.25, -0.2) is 4.98 Å². The minimum atomic E-state index is -0.387. The van der Waals surface area contributed by atoms with Crippen LogP contribution in [0.1, 0.15) is 5.69 Å². The Hall–Kier alpha value is -3.09. The Kier molecular flexibility index (Phi) is 2.34. The van der Waals surface area contributed by atoms with Crippen LogP contribution < -0.4 is 5.56 Å². The third-order valence-electron chi connectivity index (χ3n) is 3.17. The van der Waals surface area contributed by atoms with Gasteiger partial charge in [-0.1, -0.05) is 30.3 Å². The molecule has 4 aromatic rings. The maximum absolute atomic E-state index is 12.2. The number of aromatic nitrogens is 6. The molecule has 4 rings (SSSR count). The van der Waals surface area contributed by atoms with E-state index in [1.807, 2.05) is 43.3 Å².